The molecule has 3 heterocycles. The lowest BCUT2D eigenvalue weighted by molar-refractivity contribution is 0.0945. The summed E-state index contributed by atoms with van der Waals surface area (Å²) in [7, 11) is 0. The fourth-order valence-corrected chi connectivity index (χ4v) is 2.61. The molecule has 25 heavy (non-hydrogen) atoms. The predicted molar refractivity (Wildman–Crippen MR) is 89.6 cm³/mol. The van der Waals surface area contributed by atoms with Gasteiger partial charge >= 0.3 is 0 Å². The van der Waals surface area contributed by atoms with Gasteiger partial charge in [-0.1, -0.05) is 6.07 Å². The maximum Gasteiger partial charge on any atom is 0.272 e. The van der Waals surface area contributed by atoms with Gasteiger partial charge in [-0.25, -0.2) is 0 Å². The molecule has 1 aliphatic heterocycles. The fourth-order valence-electron chi connectivity index (χ4n) is 2.61. The first-order valence-corrected chi connectivity index (χ1v) is 7.98. The smallest absolute Gasteiger partial charge is 0.272 e. The summed E-state index contributed by atoms with van der Waals surface area (Å²) in [5, 5.41) is 9.70. The van der Waals surface area contributed by atoms with Crippen molar-refractivity contribution < 1.29 is 18.7 Å². The first kappa shape index (κ1) is 15.3. The van der Waals surface area contributed by atoms with Crippen molar-refractivity contribution in [3.05, 3.63) is 53.4 Å². The fraction of sp³-hybridized carbons (Fsp3) is 0.222. The van der Waals surface area contributed by atoms with E-state index < -0.39 is 0 Å². The molecule has 0 radical (unpaired) electrons. The maximum absolute atomic E-state index is 12.3. The van der Waals surface area contributed by atoms with Crippen LogP contribution in [0, 0.1) is 6.92 Å². The Morgan fingerprint density at radius 1 is 1.16 bits per heavy atom. The predicted octanol–water partition coefficient (Wildman–Crippen LogP) is 2.68. The Morgan fingerprint density at radius 2 is 2.00 bits per heavy atom. The highest BCUT2D eigenvalue weighted by Gasteiger charge is 2.15. The SMILES string of the molecule is Cc1ccc(-c2cc(C(=O)NCc3ccc4c(c3)OCCO4)n[nH]2)o1. The molecule has 0 aliphatic carbocycles. The lowest BCUT2D eigenvalue weighted by atomic mass is 10.2. The number of hydrogen-bond acceptors (Lipinski definition) is 5. The number of nitrogens with one attached hydrogen (secondary N) is 2. The van der Waals surface area contributed by atoms with Crippen molar-refractivity contribution in [3.63, 3.8) is 0 Å². The van der Waals surface area contributed by atoms with Gasteiger partial charge in [0.05, 0.1) is 0 Å². The zero-order valence-corrected chi connectivity index (χ0v) is 13.7. The number of fused-ring (bicyclic) bond motifs is 1. The number of carbonyl (C=O) groups is 1. The van der Waals surface area contributed by atoms with E-state index in [0.717, 1.165) is 17.1 Å². The van der Waals surface area contributed by atoms with Crippen LogP contribution in [-0.2, 0) is 6.54 Å². The second kappa shape index (κ2) is 6.35. The molecular formula is C18H17N3O4. The minimum atomic E-state index is -0.263. The Balaban J connectivity index is 1.41. The Morgan fingerprint density at radius 3 is 2.80 bits per heavy atom. The summed E-state index contributed by atoms with van der Waals surface area (Å²) < 4.78 is 16.5. The molecule has 0 saturated carbocycles. The molecule has 7 nitrogen and oxygen atoms in total. The normalized spacial score (nSPS) is 12.8. The number of furan rings is 1. The van der Waals surface area contributed by atoms with Crippen molar-refractivity contribution >= 4 is 5.91 Å². The second-order valence-corrected chi connectivity index (χ2v) is 5.74. The van der Waals surface area contributed by atoms with Crippen molar-refractivity contribution in [1.29, 1.82) is 0 Å². The lowest BCUT2D eigenvalue weighted by Crippen LogP contribution is -2.23. The third-order valence-electron chi connectivity index (χ3n) is 3.88. The molecule has 128 valence electrons. The van der Waals surface area contributed by atoms with Crippen molar-refractivity contribution in [2.75, 3.05) is 13.2 Å². The molecule has 2 N–H and O–H groups in total. The molecule has 0 unspecified atom stereocenters. The van der Waals surface area contributed by atoms with Gasteiger partial charge in [-0.15, -0.1) is 0 Å². The molecule has 4 rings (SSSR count). The number of ether oxygens (including phenoxy) is 2. The summed E-state index contributed by atoms with van der Waals surface area (Å²) in [6.07, 6.45) is 0. The number of nitrogens with zero attached hydrogens (tertiary/aromatic N) is 1. The molecule has 3 aromatic rings. The van der Waals surface area contributed by atoms with Crippen LogP contribution in [0.25, 0.3) is 11.5 Å². The van der Waals surface area contributed by atoms with Gasteiger partial charge in [0.2, 0.25) is 0 Å². The Bertz CT molecular complexity index is 913. The third-order valence-corrected chi connectivity index (χ3v) is 3.88. The summed E-state index contributed by atoms with van der Waals surface area (Å²) in [5.74, 6) is 2.62. The van der Waals surface area contributed by atoms with Crippen LogP contribution in [0.15, 0.2) is 40.8 Å². The van der Waals surface area contributed by atoms with Gasteiger partial charge < -0.3 is 19.2 Å². The van der Waals surface area contributed by atoms with E-state index in [9.17, 15) is 4.79 Å². The molecular weight excluding hydrogens is 322 g/mol. The number of amides is 1. The summed E-state index contributed by atoms with van der Waals surface area (Å²) >= 11 is 0. The molecule has 7 heteroatoms. The summed E-state index contributed by atoms with van der Waals surface area (Å²) in [6, 6.07) is 11.0. The van der Waals surface area contributed by atoms with Gasteiger partial charge in [0.1, 0.15) is 24.7 Å². The van der Waals surface area contributed by atoms with Crippen LogP contribution in [0.2, 0.25) is 0 Å². The van der Waals surface area contributed by atoms with Crippen LogP contribution in [-0.4, -0.2) is 29.3 Å². The largest absolute Gasteiger partial charge is 0.486 e. The quantitative estimate of drug-likeness (QED) is 0.763. The average molecular weight is 339 g/mol. The van der Waals surface area contributed by atoms with Gasteiger partial charge in [-0.05, 0) is 36.8 Å². The lowest BCUT2D eigenvalue weighted by Gasteiger charge is -2.18. The first-order chi connectivity index (χ1) is 12.2. The van der Waals surface area contributed by atoms with Gasteiger partial charge in [-0.2, -0.15) is 5.10 Å². The minimum absolute atomic E-state index is 0.263. The average Bonchev–Trinajstić information content (AvgIpc) is 3.28. The summed E-state index contributed by atoms with van der Waals surface area (Å²) in [5.41, 5.74) is 1.90. The molecule has 0 atom stereocenters. The van der Waals surface area contributed by atoms with Gasteiger partial charge in [0, 0.05) is 12.6 Å². The van der Waals surface area contributed by atoms with Gasteiger partial charge in [-0.3, -0.25) is 9.89 Å². The zero-order valence-electron chi connectivity index (χ0n) is 13.7. The molecule has 0 spiro atoms. The third kappa shape index (κ3) is 3.21. The number of aromatic amines is 1. The minimum Gasteiger partial charge on any atom is -0.486 e. The van der Waals surface area contributed by atoms with E-state index in [0.29, 0.717) is 42.7 Å². The molecule has 0 fully saturated rings. The van der Waals surface area contributed by atoms with Crippen LogP contribution in [0.5, 0.6) is 11.5 Å². The van der Waals surface area contributed by atoms with Crippen molar-refractivity contribution in [2.24, 2.45) is 0 Å². The monoisotopic (exact) mass is 339 g/mol. The number of benzene rings is 1. The van der Waals surface area contributed by atoms with Crippen molar-refractivity contribution in [3.8, 4) is 23.0 Å². The number of H-pyrrole nitrogens is 1. The highest BCUT2D eigenvalue weighted by atomic mass is 16.6. The second-order valence-electron chi connectivity index (χ2n) is 5.74. The van der Waals surface area contributed by atoms with E-state index in [2.05, 4.69) is 15.5 Å². The van der Waals surface area contributed by atoms with Crippen LogP contribution in [0.3, 0.4) is 0 Å². The summed E-state index contributed by atoms with van der Waals surface area (Å²) in [4.78, 5) is 12.3. The first-order valence-electron chi connectivity index (χ1n) is 7.98. The van der Waals surface area contributed by atoms with Crippen LogP contribution in [0.1, 0.15) is 21.8 Å². The van der Waals surface area contributed by atoms with Crippen LogP contribution < -0.4 is 14.8 Å². The Kier molecular flexibility index (Phi) is 3.89. The van der Waals surface area contributed by atoms with Gasteiger partial charge in [0.15, 0.2) is 23.0 Å². The Hall–Kier alpha value is -3.22. The number of aryl methyl sites for hydroxylation is 1. The van der Waals surface area contributed by atoms with E-state index in [4.69, 9.17) is 13.9 Å². The number of aromatic nitrogens is 2. The zero-order chi connectivity index (χ0) is 17.2. The molecule has 1 aliphatic rings. The van der Waals surface area contributed by atoms with Crippen molar-refractivity contribution in [1.82, 2.24) is 15.5 Å². The highest BCUT2D eigenvalue weighted by molar-refractivity contribution is 5.93. The standard InChI is InChI=1S/C18H17N3O4/c1-11-2-4-15(25-11)13-9-14(21-20-13)18(22)19-10-12-3-5-16-17(8-12)24-7-6-23-16/h2-5,8-9H,6-7,10H2,1H3,(H,19,22)(H,20,21). The van der Waals surface area contributed by atoms with Crippen LogP contribution >= 0.6 is 0 Å². The van der Waals surface area contributed by atoms with E-state index in [-0.39, 0.29) is 5.91 Å². The molecule has 1 aromatic carbocycles. The van der Waals surface area contributed by atoms with E-state index >= 15 is 0 Å². The van der Waals surface area contributed by atoms with E-state index in [1.807, 2.05) is 37.3 Å². The number of rotatable bonds is 4. The van der Waals surface area contributed by atoms with E-state index in [1.54, 1.807) is 6.07 Å². The van der Waals surface area contributed by atoms with Crippen molar-refractivity contribution in [2.45, 2.75) is 13.5 Å². The van der Waals surface area contributed by atoms with Crippen LogP contribution in [0.4, 0.5) is 0 Å². The van der Waals surface area contributed by atoms with E-state index in [1.165, 1.54) is 0 Å². The van der Waals surface area contributed by atoms with Gasteiger partial charge in [0.25, 0.3) is 5.91 Å². The number of hydrogen-bond donors (Lipinski definition) is 2. The highest BCUT2D eigenvalue weighted by Crippen LogP contribution is 2.30. The Labute approximate surface area is 143 Å². The molecule has 0 saturated heterocycles. The maximum atomic E-state index is 12.3. The molecule has 1 amide bonds. The number of carbonyl (C=O) groups excluding carboxylic acids is 1. The topological polar surface area (TPSA) is 89.4 Å². The summed E-state index contributed by atoms with van der Waals surface area (Å²) in [6.45, 7) is 3.32. The molecule has 0 bridgehead atoms. The molecule has 2 aromatic heterocycles.